The van der Waals surface area contributed by atoms with Crippen LogP contribution in [0.25, 0.3) is 21.9 Å². The smallest absolute Gasteiger partial charge is 0.342 e. The third kappa shape index (κ3) is 3.58. The monoisotopic (exact) mass is 442 g/mol. The highest BCUT2D eigenvalue weighted by atomic mass is 16.5. The number of phenols is 2. The Morgan fingerprint density at radius 3 is 1.84 bits per heavy atom. The van der Waals surface area contributed by atoms with Crippen LogP contribution in [-0.2, 0) is 9.47 Å². The molecule has 0 saturated heterocycles. The lowest BCUT2D eigenvalue weighted by molar-refractivity contribution is 0.0553. The van der Waals surface area contributed by atoms with Gasteiger partial charge >= 0.3 is 11.9 Å². The van der Waals surface area contributed by atoms with Crippen molar-refractivity contribution >= 4 is 22.7 Å². The van der Waals surface area contributed by atoms with Gasteiger partial charge in [0.15, 0.2) is 23.0 Å². The van der Waals surface area contributed by atoms with Gasteiger partial charge in [0.25, 0.3) is 0 Å². The highest BCUT2D eigenvalue weighted by molar-refractivity contribution is 6.18. The summed E-state index contributed by atoms with van der Waals surface area (Å²) in [4.78, 5) is 25.5. The van der Waals surface area contributed by atoms with Crippen molar-refractivity contribution in [3.05, 3.63) is 41.5 Å². The van der Waals surface area contributed by atoms with Gasteiger partial charge in [-0.15, -0.1) is 0 Å². The molecular formula is C23H22O9. The Hall–Kier alpha value is -4.14. The van der Waals surface area contributed by atoms with Gasteiger partial charge in [0.1, 0.15) is 11.3 Å². The van der Waals surface area contributed by atoms with Crippen LogP contribution < -0.4 is 14.2 Å². The van der Waals surface area contributed by atoms with Gasteiger partial charge in [-0.25, -0.2) is 9.59 Å². The lowest BCUT2D eigenvalue weighted by Crippen LogP contribution is -2.14. The number of esters is 2. The van der Waals surface area contributed by atoms with E-state index in [4.69, 9.17) is 23.7 Å². The lowest BCUT2D eigenvalue weighted by atomic mass is 9.88. The summed E-state index contributed by atoms with van der Waals surface area (Å²) in [6.07, 6.45) is 0. The maximum atomic E-state index is 12.8. The predicted molar refractivity (Wildman–Crippen MR) is 115 cm³/mol. The van der Waals surface area contributed by atoms with Crippen molar-refractivity contribution in [2.75, 3.05) is 35.5 Å². The molecule has 0 aliphatic heterocycles. The van der Waals surface area contributed by atoms with Crippen LogP contribution in [0, 0.1) is 0 Å². The second-order valence-electron chi connectivity index (χ2n) is 6.60. The molecule has 0 aliphatic carbocycles. The van der Waals surface area contributed by atoms with E-state index in [2.05, 4.69) is 0 Å². The number of carbonyl (C=O) groups is 2. The second-order valence-corrected chi connectivity index (χ2v) is 6.60. The van der Waals surface area contributed by atoms with Crippen LogP contribution in [-0.4, -0.2) is 57.7 Å². The molecule has 0 aromatic heterocycles. The number of aromatic hydroxyl groups is 2. The molecule has 0 bridgehead atoms. The van der Waals surface area contributed by atoms with E-state index in [0.29, 0.717) is 17.1 Å². The van der Waals surface area contributed by atoms with Crippen LogP contribution in [0.4, 0.5) is 0 Å². The van der Waals surface area contributed by atoms with E-state index in [9.17, 15) is 19.8 Å². The SMILES string of the molecule is COC(=O)c1c(C(=O)OC)c(-c2ccc(OC)c(OC)c2)c2cc(O)c(OC)cc2c1O. The van der Waals surface area contributed by atoms with Crippen LogP contribution in [0.1, 0.15) is 20.7 Å². The maximum absolute atomic E-state index is 12.8. The Kier molecular flexibility index (Phi) is 6.29. The second kappa shape index (κ2) is 8.93. The molecule has 2 N–H and O–H groups in total. The zero-order chi connectivity index (χ0) is 23.6. The Bertz CT molecular complexity index is 1210. The van der Waals surface area contributed by atoms with E-state index >= 15 is 0 Å². The molecule has 9 heteroatoms. The van der Waals surface area contributed by atoms with Gasteiger partial charge in [-0.05, 0) is 35.2 Å². The number of fused-ring (bicyclic) bond motifs is 1. The van der Waals surface area contributed by atoms with Crippen molar-refractivity contribution in [2.24, 2.45) is 0 Å². The van der Waals surface area contributed by atoms with Crippen molar-refractivity contribution in [2.45, 2.75) is 0 Å². The first-order chi connectivity index (χ1) is 15.3. The summed E-state index contributed by atoms with van der Waals surface area (Å²) in [5.74, 6) is -1.72. The van der Waals surface area contributed by atoms with Crippen molar-refractivity contribution in [3.8, 4) is 39.9 Å². The number of phenolic OH excluding ortho intramolecular Hbond substituents is 2. The van der Waals surface area contributed by atoms with Crippen LogP contribution in [0.15, 0.2) is 30.3 Å². The van der Waals surface area contributed by atoms with Gasteiger partial charge < -0.3 is 33.9 Å². The third-order valence-electron chi connectivity index (χ3n) is 5.03. The topological polar surface area (TPSA) is 121 Å². The number of hydrogen-bond donors (Lipinski definition) is 2. The lowest BCUT2D eigenvalue weighted by Gasteiger charge is -2.19. The van der Waals surface area contributed by atoms with E-state index in [1.54, 1.807) is 18.2 Å². The van der Waals surface area contributed by atoms with Gasteiger partial charge in [-0.2, -0.15) is 0 Å². The summed E-state index contributed by atoms with van der Waals surface area (Å²) in [5.41, 5.74) is 0.0252. The minimum absolute atomic E-state index is 0.0627. The Morgan fingerprint density at radius 1 is 0.688 bits per heavy atom. The number of carbonyl (C=O) groups excluding carboxylic acids is 2. The fraction of sp³-hybridized carbons (Fsp3) is 0.217. The summed E-state index contributed by atoms with van der Waals surface area (Å²) in [5, 5.41) is 21.8. The zero-order valence-electron chi connectivity index (χ0n) is 18.1. The van der Waals surface area contributed by atoms with E-state index < -0.39 is 17.7 Å². The highest BCUT2D eigenvalue weighted by Crippen LogP contribution is 2.46. The summed E-state index contributed by atoms with van der Waals surface area (Å²) in [6.45, 7) is 0. The maximum Gasteiger partial charge on any atom is 0.342 e. The largest absolute Gasteiger partial charge is 0.506 e. The van der Waals surface area contributed by atoms with Crippen molar-refractivity contribution in [1.82, 2.24) is 0 Å². The van der Waals surface area contributed by atoms with Gasteiger partial charge in [0.2, 0.25) is 0 Å². The minimum Gasteiger partial charge on any atom is -0.506 e. The third-order valence-corrected chi connectivity index (χ3v) is 5.03. The van der Waals surface area contributed by atoms with E-state index in [1.807, 2.05) is 0 Å². The summed E-state index contributed by atoms with van der Waals surface area (Å²) in [7, 11) is 6.55. The molecule has 3 rings (SSSR count). The Balaban J connectivity index is 2.59. The standard InChI is InChI=1S/C23H22O9/c1-28-15-7-6-11(8-17(15)30-3)18-12-9-14(24)16(29-2)10-13(12)21(25)20(23(27)32-5)19(18)22(26)31-4/h6-10,24-25H,1-5H3. The fourth-order valence-corrected chi connectivity index (χ4v) is 3.55. The molecule has 32 heavy (non-hydrogen) atoms. The average Bonchev–Trinajstić information content (AvgIpc) is 2.82. The van der Waals surface area contributed by atoms with Crippen molar-refractivity contribution < 1.29 is 43.5 Å². The van der Waals surface area contributed by atoms with Crippen LogP contribution in [0.2, 0.25) is 0 Å². The molecule has 0 heterocycles. The molecule has 0 radical (unpaired) electrons. The van der Waals surface area contributed by atoms with Gasteiger partial charge in [-0.3, -0.25) is 0 Å². The van der Waals surface area contributed by atoms with Gasteiger partial charge in [0.05, 0.1) is 41.1 Å². The molecule has 3 aromatic rings. The average molecular weight is 442 g/mol. The number of rotatable bonds is 6. The number of benzene rings is 3. The number of ether oxygens (including phenoxy) is 5. The molecule has 168 valence electrons. The molecule has 0 fully saturated rings. The molecule has 0 atom stereocenters. The van der Waals surface area contributed by atoms with Gasteiger partial charge in [-0.1, -0.05) is 6.07 Å². The van der Waals surface area contributed by atoms with Crippen LogP contribution in [0.5, 0.6) is 28.7 Å². The molecule has 0 amide bonds. The molecule has 0 spiro atoms. The fourth-order valence-electron chi connectivity index (χ4n) is 3.55. The van der Waals surface area contributed by atoms with Crippen LogP contribution in [0.3, 0.4) is 0 Å². The molecule has 0 aliphatic rings. The van der Waals surface area contributed by atoms with E-state index in [-0.39, 0.29) is 39.0 Å². The predicted octanol–water partition coefficient (Wildman–Crippen LogP) is 3.52. The zero-order valence-corrected chi connectivity index (χ0v) is 18.1. The molecule has 3 aromatic carbocycles. The Labute approximate surface area is 183 Å². The first-order valence-corrected chi connectivity index (χ1v) is 9.31. The summed E-state index contributed by atoms with van der Waals surface area (Å²) < 4.78 is 25.5. The number of methoxy groups -OCH3 is 5. The highest BCUT2D eigenvalue weighted by Gasteiger charge is 2.31. The number of hydrogen-bond acceptors (Lipinski definition) is 9. The van der Waals surface area contributed by atoms with Crippen LogP contribution >= 0.6 is 0 Å². The first kappa shape index (κ1) is 22.5. The van der Waals surface area contributed by atoms with Crippen molar-refractivity contribution in [3.63, 3.8) is 0 Å². The normalized spacial score (nSPS) is 10.5. The first-order valence-electron chi connectivity index (χ1n) is 9.31. The minimum atomic E-state index is -0.946. The van der Waals surface area contributed by atoms with E-state index in [1.165, 1.54) is 33.5 Å². The van der Waals surface area contributed by atoms with Crippen molar-refractivity contribution in [1.29, 1.82) is 0 Å². The van der Waals surface area contributed by atoms with Gasteiger partial charge in [0, 0.05) is 10.9 Å². The van der Waals surface area contributed by atoms with E-state index in [0.717, 1.165) is 14.2 Å². The quantitative estimate of drug-likeness (QED) is 0.552. The molecular weight excluding hydrogens is 420 g/mol. The summed E-state index contributed by atoms with van der Waals surface area (Å²) in [6, 6.07) is 7.54. The molecule has 0 saturated carbocycles. The molecule has 0 unspecified atom stereocenters. The summed E-state index contributed by atoms with van der Waals surface area (Å²) >= 11 is 0. The molecule has 9 nitrogen and oxygen atoms in total. The Morgan fingerprint density at radius 2 is 1.28 bits per heavy atom.